The number of rotatable bonds is 11. The summed E-state index contributed by atoms with van der Waals surface area (Å²) in [5.41, 5.74) is 0.871. The van der Waals surface area contributed by atoms with Gasteiger partial charge in [-0.15, -0.1) is 23.2 Å². The topological polar surface area (TPSA) is 73.2 Å². The van der Waals surface area contributed by atoms with Gasteiger partial charge in [0.25, 0.3) is 0 Å². The molecule has 192 valence electrons. The standard InChI is InChI=1S/C25H31Cl3N2O5/c26-20-3-1-2-4-23(20)29-14-18-19(22(28)13-21(18)27)16-33-15-17-5-6-24(35-17)25(31)34-12-9-30-7-10-32-11-8-30/h1-6,18-19,21-22,29H,7-16H2/t18-,19-,21?,22?/m1/s1. The van der Waals surface area contributed by atoms with Gasteiger partial charge in [-0.3, -0.25) is 4.90 Å². The van der Waals surface area contributed by atoms with E-state index in [9.17, 15) is 4.79 Å². The first-order valence-corrected chi connectivity index (χ1v) is 13.2. The van der Waals surface area contributed by atoms with E-state index in [0.717, 1.165) is 18.8 Å². The van der Waals surface area contributed by atoms with Gasteiger partial charge in [-0.1, -0.05) is 23.7 Å². The molecule has 0 bridgehead atoms. The summed E-state index contributed by atoms with van der Waals surface area (Å²) >= 11 is 19.5. The number of halogens is 3. The summed E-state index contributed by atoms with van der Waals surface area (Å²) in [6.07, 6.45) is 0.715. The van der Waals surface area contributed by atoms with Crippen molar-refractivity contribution in [1.82, 2.24) is 4.90 Å². The van der Waals surface area contributed by atoms with Gasteiger partial charge in [-0.25, -0.2) is 4.79 Å². The summed E-state index contributed by atoms with van der Waals surface area (Å²) < 4.78 is 22.2. The first-order valence-electron chi connectivity index (χ1n) is 11.9. The van der Waals surface area contributed by atoms with Gasteiger partial charge >= 0.3 is 5.97 Å². The predicted molar refractivity (Wildman–Crippen MR) is 137 cm³/mol. The molecule has 2 unspecified atom stereocenters. The van der Waals surface area contributed by atoms with Crippen LogP contribution >= 0.6 is 34.8 Å². The van der Waals surface area contributed by atoms with E-state index in [1.807, 2.05) is 24.3 Å². The molecule has 2 aliphatic rings. The lowest BCUT2D eigenvalue weighted by Gasteiger charge is -2.26. The van der Waals surface area contributed by atoms with Gasteiger partial charge in [-0.2, -0.15) is 0 Å². The summed E-state index contributed by atoms with van der Waals surface area (Å²) in [4.78, 5) is 14.5. The fourth-order valence-electron chi connectivity index (χ4n) is 4.46. The third kappa shape index (κ3) is 7.51. The molecule has 0 amide bonds. The van der Waals surface area contributed by atoms with Crippen LogP contribution in [0.2, 0.25) is 5.02 Å². The third-order valence-electron chi connectivity index (χ3n) is 6.49. The first kappa shape index (κ1) is 26.6. The Bertz CT molecular complexity index is 953. The number of furan rings is 1. The Balaban J connectivity index is 1.21. The highest BCUT2D eigenvalue weighted by atomic mass is 35.5. The maximum Gasteiger partial charge on any atom is 0.374 e. The Labute approximate surface area is 220 Å². The zero-order valence-corrected chi connectivity index (χ0v) is 21.7. The molecule has 4 rings (SSSR count). The summed E-state index contributed by atoms with van der Waals surface area (Å²) in [6.45, 7) is 5.45. The van der Waals surface area contributed by atoms with Crippen molar-refractivity contribution in [3.05, 3.63) is 52.9 Å². The fraction of sp³-hybridized carbons (Fsp3) is 0.560. The zero-order chi connectivity index (χ0) is 24.6. The maximum atomic E-state index is 12.3. The van der Waals surface area contributed by atoms with E-state index < -0.39 is 5.97 Å². The van der Waals surface area contributed by atoms with Crippen LogP contribution in [0.1, 0.15) is 22.7 Å². The van der Waals surface area contributed by atoms with E-state index in [4.69, 9.17) is 53.4 Å². The van der Waals surface area contributed by atoms with E-state index in [2.05, 4.69) is 10.2 Å². The molecule has 4 atom stereocenters. The van der Waals surface area contributed by atoms with Gasteiger partial charge in [0, 0.05) is 42.9 Å². The summed E-state index contributed by atoms with van der Waals surface area (Å²) in [5.74, 6) is 0.460. The van der Waals surface area contributed by atoms with Gasteiger partial charge in [-0.05, 0) is 36.6 Å². The number of carbonyl (C=O) groups is 1. The van der Waals surface area contributed by atoms with Crippen molar-refractivity contribution in [2.24, 2.45) is 11.8 Å². The number of nitrogens with one attached hydrogen (secondary N) is 1. The monoisotopic (exact) mass is 544 g/mol. The number of ether oxygens (including phenoxy) is 3. The van der Waals surface area contributed by atoms with E-state index in [1.165, 1.54) is 0 Å². The second kappa shape index (κ2) is 13.2. The van der Waals surface area contributed by atoms with Gasteiger partial charge in [0.1, 0.15) is 19.0 Å². The fourth-order valence-corrected chi connectivity index (χ4v) is 5.68. The van der Waals surface area contributed by atoms with Crippen LogP contribution < -0.4 is 5.32 Å². The molecule has 1 aromatic carbocycles. The van der Waals surface area contributed by atoms with E-state index in [0.29, 0.717) is 56.7 Å². The van der Waals surface area contributed by atoms with Gasteiger partial charge in [0.2, 0.25) is 5.76 Å². The minimum absolute atomic E-state index is 0.0523. The van der Waals surface area contributed by atoms with Crippen molar-refractivity contribution < 1.29 is 23.4 Å². The molecular weight excluding hydrogens is 515 g/mol. The van der Waals surface area contributed by atoms with Crippen LogP contribution in [0.25, 0.3) is 0 Å². The van der Waals surface area contributed by atoms with Crippen molar-refractivity contribution in [1.29, 1.82) is 0 Å². The van der Waals surface area contributed by atoms with E-state index in [-0.39, 0.29) is 35.0 Å². The highest BCUT2D eigenvalue weighted by molar-refractivity contribution is 6.33. The minimum Gasteiger partial charge on any atom is -0.458 e. The van der Waals surface area contributed by atoms with E-state index in [1.54, 1.807) is 12.1 Å². The molecule has 2 heterocycles. The molecule has 0 radical (unpaired) electrons. The van der Waals surface area contributed by atoms with Gasteiger partial charge in [0.15, 0.2) is 0 Å². The van der Waals surface area contributed by atoms with Crippen LogP contribution in [0.5, 0.6) is 0 Å². The van der Waals surface area contributed by atoms with Crippen LogP contribution in [0, 0.1) is 11.8 Å². The average molecular weight is 546 g/mol. The normalized spacial score (nSPS) is 25.0. The lowest BCUT2D eigenvalue weighted by molar-refractivity contribution is 0.0178. The molecule has 1 saturated carbocycles. The van der Waals surface area contributed by atoms with Gasteiger partial charge in [0.05, 0.1) is 30.5 Å². The smallest absolute Gasteiger partial charge is 0.374 e. The molecule has 1 aromatic heterocycles. The van der Waals surface area contributed by atoms with Crippen molar-refractivity contribution in [3.8, 4) is 0 Å². The van der Waals surface area contributed by atoms with Crippen molar-refractivity contribution in [2.45, 2.75) is 23.8 Å². The molecule has 0 spiro atoms. The first-order chi connectivity index (χ1) is 17.0. The highest BCUT2D eigenvalue weighted by Crippen LogP contribution is 2.40. The molecule has 1 aliphatic carbocycles. The molecule has 2 fully saturated rings. The average Bonchev–Trinajstić information content (AvgIpc) is 3.43. The SMILES string of the molecule is O=C(OCCN1CCOCC1)c1ccc(COC[C@H]2C(Cl)CC(Cl)[C@@H]2CNc2ccccc2Cl)o1. The van der Waals surface area contributed by atoms with Crippen LogP contribution in [-0.2, 0) is 20.8 Å². The largest absolute Gasteiger partial charge is 0.458 e. The third-order valence-corrected chi connectivity index (χ3v) is 7.83. The number of anilines is 1. The number of carbonyl (C=O) groups excluding carboxylic acids is 1. The molecule has 1 N–H and O–H groups in total. The number of nitrogens with zero attached hydrogens (tertiary/aromatic N) is 1. The summed E-state index contributed by atoms with van der Waals surface area (Å²) in [6, 6.07) is 11.0. The molecule has 1 aliphatic heterocycles. The molecule has 10 heteroatoms. The molecular formula is C25H31Cl3N2O5. The second-order valence-corrected chi connectivity index (χ2v) is 10.4. The Morgan fingerprint density at radius 3 is 2.66 bits per heavy atom. The zero-order valence-electron chi connectivity index (χ0n) is 19.5. The number of morpholine rings is 1. The Morgan fingerprint density at radius 2 is 1.86 bits per heavy atom. The quantitative estimate of drug-likeness (QED) is 0.318. The molecule has 35 heavy (non-hydrogen) atoms. The molecule has 2 aromatic rings. The van der Waals surface area contributed by atoms with Crippen molar-refractivity contribution in [3.63, 3.8) is 0 Å². The van der Waals surface area contributed by atoms with E-state index >= 15 is 0 Å². The van der Waals surface area contributed by atoms with Gasteiger partial charge < -0.3 is 23.9 Å². The predicted octanol–water partition coefficient (Wildman–Crippen LogP) is 4.90. The number of benzene rings is 1. The highest BCUT2D eigenvalue weighted by Gasteiger charge is 2.41. The number of alkyl halides is 2. The van der Waals surface area contributed by atoms with Crippen molar-refractivity contribution >= 4 is 46.5 Å². The number of para-hydroxylation sites is 1. The van der Waals surface area contributed by atoms with Crippen LogP contribution in [0.4, 0.5) is 5.69 Å². The Morgan fingerprint density at radius 1 is 1.09 bits per heavy atom. The van der Waals surface area contributed by atoms with Crippen LogP contribution in [0.3, 0.4) is 0 Å². The minimum atomic E-state index is -0.475. The number of hydrogen-bond donors (Lipinski definition) is 1. The number of esters is 1. The van der Waals surface area contributed by atoms with Crippen molar-refractivity contribution in [2.75, 3.05) is 57.9 Å². The van der Waals surface area contributed by atoms with Crippen LogP contribution in [-0.4, -0.2) is 74.2 Å². The van der Waals surface area contributed by atoms with Crippen LogP contribution in [0.15, 0.2) is 40.8 Å². The molecule has 7 nitrogen and oxygen atoms in total. The summed E-state index contributed by atoms with van der Waals surface area (Å²) in [5, 5.41) is 3.92. The maximum absolute atomic E-state index is 12.3. The molecule has 1 saturated heterocycles. The lowest BCUT2D eigenvalue weighted by Crippen LogP contribution is -2.38. The Hall–Kier alpha value is -1.48. The lowest BCUT2D eigenvalue weighted by atomic mass is 9.96. The summed E-state index contributed by atoms with van der Waals surface area (Å²) in [7, 11) is 0. The number of hydrogen-bond acceptors (Lipinski definition) is 7. The Kier molecular flexibility index (Phi) is 10.0. The second-order valence-electron chi connectivity index (χ2n) is 8.83.